The number of phenolic OH excluding ortho intramolecular Hbond substituents is 1. The molecule has 226 valence electrons. The van der Waals surface area contributed by atoms with E-state index >= 15 is 0 Å². The zero-order valence-electron chi connectivity index (χ0n) is 24.3. The molecule has 0 saturated carbocycles. The van der Waals surface area contributed by atoms with E-state index in [1.807, 2.05) is 13.8 Å². The summed E-state index contributed by atoms with van der Waals surface area (Å²) < 4.78 is 48.1. The Morgan fingerprint density at radius 2 is 1.65 bits per heavy atom. The van der Waals surface area contributed by atoms with Crippen molar-refractivity contribution in [3.8, 4) is 16.9 Å². The van der Waals surface area contributed by atoms with Crippen LogP contribution in [0.5, 0.6) is 5.75 Å². The van der Waals surface area contributed by atoms with E-state index in [-0.39, 0.29) is 34.9 Å². The molecule has 1 aromatic heterocycles. The van der Waals surface area contributed by atoms with E-state index in [1.165, 1.54) is 17.0 Å². The normalized spacial score (nSPS) is 15.1. The quantitative estimate of drug-likeness (QED) is 0.239. The topological polar surface area (TPSA) is 87.9 Å². The number of hydrogen-bond acceptors (Lipinski definition) is 5. The monoisotopic (exact) mass is 594 g/mol. The summed E-state index contributed by atoms with van der Waals surface area (Å²) in [6.45, 7) is 6.71. The lowest BCUT2D eigenvalue weighted by molar-refractivity contribution is -0.137. The molecule has 1 aliphatic rings. The fourth-order valence-electron chi connectivity index (χ4n) is 4.96. The number of hydrogen-bond donors (Lipinski definition) is 1. The SMILES string of the molecule is CC.CCN1C(=O)C(c2cc(-c3cnn(CCOC)c3)ccc2O)C(=O)N(c2ccccc2)c2cc(C(F)(F)F)ccc21. The van der Waals surface area contributed by atoms with Gasteiger partial charge < -0.3 is 14.7 Å². The van der Waals surface area contributed by atoms with Crippen molar-refractivity contribution in [3.63, 3.8) is 0 Å². The van der Waals surface area contributed by atoms with Crippen LogP contribution in [0.15, 0.2) is 79.1 Å². The minimum Gasteiger partial charge on any atom is -0.508 e. The van der Waals surface area contributed by atoms with E-state index < -0.39 is 29.5 Å². The standard InChI is InChI=1S/C30H27F3N4O4.C2H6/c1-3-36-24-11-10-21(30(31,32)33)16-25(24)37(22-7-5-4-6-8-22)29(40)27(28(36)39)23-15-19(9-12-26(23)38)20-17-34-35(18-20)13-14-41-2;1-2/h4-12,15-18,27,38H,3,13-14H2,1-2H3;1-2H3. The minimum absolute atomic E-state index is 0.0328. The summed E-state index contributed by atoms with van der Waals surface area (Å²) in [6.07, 6.45) is -1.28. The third-order valence-electron chi connectivity index (χ3n) is 6.98. The molecule has 1 N–H and O–H groups in total. The molecule has 0 radical (unpaired) electrons. The number of benzene rings is 3. The van der Waals surface area contributed by atoms with Crippen LogP contribution in [0.25, 0.3) is 11.1 Å². The number of aromatic hydroxyl groups is 1. The fourth-order valence-corrected chi connectivity index (χ4v) is 4.96. The lowest BCUT2D eigenvalue weighted by atomic mass is 9.92. The van der Waals surface area contributed by atoms with E-state index in [0.717, 1.165) is 17.0 Å². The number of amides is 2. The van der Waals surface area contributed by atoms with Crippen LogP contribution in [0.2, 0.25) is 0 Å². The van der Waals surface area contributed by atoms with Gasteiger partial charge in [0.1, 0.15) is 11.7 Å². The summed E-state index contributed by atoms with van der Waals surface area (Å²) in [5, 5.41) is 15.2. The van der Waals surface area contributed by atoms with Gasteiger partial charge in [0.05, 0.1) is 36.3 Å². The van der Waals surface area contributed by atoms with Crippen molar-refractivity contribution in [2.24, 2.45) is 0 Å². The predicted molar refractivity (Wildman–Crippen MR) is 158 cm³/mol. The van der Waals surface area contributed by atoms with Gasteiger partial charge in [-0.1, -0.05) is 38.1 Å². The number of anilines is 3. The molecular formula is C32H33F3N4O4. The molecule has 11 heteroatoms. The summed E-state index contributed by atoms with van der Waals surface area (Å²) >= 11 is 0. The summed E-state index contributed by atoms with van der Waals surface area (Å²) in [5.74, 6) is -3.29. The van der Waals surface area contributed by atoms with E-state index in [4.69, 9.17) is 4.74 Å². The maximum atomic E-state index is 14.3. The molecule has 1 atom stereocenters. The average Bonchev–Trinajstić information content (AvgIpc) is 3.45. The van der Waals surface area contributed by atoms with Crippen molar-refractivity contribution in [1.29, 1.82) is 0 Å². The van der Waals surface area contributed by atoms with Gasteiger partial charge in [-0.25, -0.2) is 0 Å². The first-order chi connectivity index (χ1) is 20.6. The second-order valence-electron chi connectivity index (χ2n) is 9.48. The highest BCUT2D eigenvalue weighted by Crippen LogP contribution is 2.45. The van der Waals surface area contributed by atoms with Gasteiger partial charge in [0.25, 0.3) is 0 Å². The number of likely N-dealkylation sites (N-methyl/N-ethyl adjacent to an activating group) is 1. The molecule has 2 amide bonds. The van der Waals surface area contributed by atoms with Crippen LogP contribution in [-0.4, -0.2) is 47.0 Å². The van der Waals surface area contributed by atoms with Crippen LogP contribution < -0.4 is 9.80 Å². The van der Waals surface area contributed by atoms with E-state index in [2.05, 4.69) is 5.10 Å². The fraction of sp³-hybridized carbons (Fsp3) is 0.281. The highest BCUT2D eigenvalue weighted by Gasteiger charge is 2.44. The molecule has 43 heavy (non-hydrogen) atoms. The Hall–Kier alpha value is -4.64. The minimum atomic E-state index is -4.67. The van der Waals surface area contributed by atoms with Gasteiger partial charge >= 0.3 is 6.18 Å². The van der Waals surface area contributed by atoms with Crippen molar-refractivity contribution in [2.45, 2.75) is 39.4 Å². The van der Waals surface area contributed by atoms with Gasteiger partial charge in [-0.3, -0.25) is 19.2 Å². The van der Waals surface area contributed by atoms with Gasteiger partial charge in [0, 0.05) is 36.7 Å². The van der Waals surface area contributed by atoms with Gasteiger partial charge in [0.15, 0.2) is 0 Å². The Labute approximate surface area is 247 Å². The maximum absolute atomic E-state index is 14.3. The lowest BCUT2D eigenvalue weighted by Gasteiger charge is -2.26. The Bertz CT molecular complexity index is 1590. The number of aromatic nitrogens is 2. The first kappa shape index (κ1) is 31.3. The van der Waals surface area contributed by atoms with Crippen molar-refractivity contribution in [1.82, 2.24) is 9.78 Å². The molecule has 2 heterocycles. The van der Waals surface area contributed by atoms with Crippen LogP contribution in [0.1, 0.15) is 37.8 Å². The number of phenols is 1. The second kappa shape index (κ2) is 13.1. The average molecular weight is 595 g/mol. The van der Waals surface area contributed by atoms with Crippen LogP contribution in [-0.2, 0) is 27.0 Å². The van der Waals surface area contributed by atoms with E-state index in [0.29, 0.717) is 24.3 Å². The van der Waals surface area contributed by atoms with Crippen LogP contribution in [0.3, 0.4) is 0 Å². The van der Waals surface area contributed by atoms with Crippen LogP contribution in [0, 0.1) is 0 Å². The van der Waals surface area contributed by atoms with Gasteiger partial charge in [-0.2, -0.15) is 18.3 Å². The molecule has 1 aliphatic heterocycles. The molecule has 1 unspecified atom stereocenters. The van der Waals surface area contributed by atoms with E-state index in [1.54, 1.807) is 73.6 Å². The number of nitrogens with zero attached hydrogens (tertiary/aromatic N) is 4. The number of methoxy groups -OCH3 is 1. The molecule has 4 aromatic rings. The number of alkyl halides is 3. The zero-order chi connectivity index (χ0) is 31.3. The Kier molecular flexibility index (Phi) is 9.55. The molecule has 0 saturated heterocycles. The summed E-state index contributed by atoms with van der Waals surface area (Å²) in [6, 6.07) is 15.7. The third-order valence-corrected chi connectivity index (χ3v) is 6.98. The molecule has 3 aromatic carbocycles. The Balaban J connectivity index is 0.00000207. The Morgan fingerprint density at radius 3 is 2.30 bits per heavy atom. The number of carbonyl (C=O) groups excluding carboxylic acids is 2. The van der Waals surface area contributed by atoms with Crippen molar-refractivity contribution in [3.05, 3.63) is 90.3 Å². The number of rotatable bonds is 7. The largest absolute Gasteiger partial charge is 0.508 e. The zero-order valence-corrected chi connectivity index (χ0v) is 24.3. The number of para-hydroxylation sites is 1. The molecule has 0 fully saturated rings. The Morgan fingerprint density at radius 1 is 0.930 bits per heavy atom. The van der Waals surface area contributed by atoms with Crippen molar-refractivity contribution < 1.29 is 32.6 Å². The van der Waals surface area contributed by atoms with Gasteiger partial charge in [-0.15, -0.1) is 0 Å². The second-order valence-corrected chi connectivity index (χ2v) is 9.48. The molecular weight excluding hydrogens is 561 g/mol. The summed E-state index contributed by atoms with van der Waals surface area (Å²) in [5.41, 5.74) is 0.708. The molecule has 8 nitrogen and oxygen atoms in total. The summed E-state index contributed by atoms with van der Waals surface area (Å²) in [4.78, 5) is 30.8. The lowest BCUT2D eigenvalue weighted by Crippen LogP contribution is -2.39. The molecule has 0 aliphatic carbocycles. The number of carbonyl (C=O) groups is 2. The van der Waals surface area contributed by atoms with Crippen LogP contribution >= 0.6 is 0 Å². The molecule has 0 bridgehead atoms. The summed E-state index contributed by atoms with van der Waals surface area (Å²) in [7, 11) is 1.58. The highest BCUT2D eigenvalue weighted by atomic mass is 19.4. The first-order valence-corrected chi connectivity index (χ1v) is 13.9. The maximum Gasteiger partial charge on any atom is 0.416 e. The number of fused-ring (bicyclic) bond motifs is 1. The van der Waals surface area contributed by atoms with Crippen LogP contribution in [0.4, 0.5) is 30.2 Å². The number of halogens is 3. The third kappa shape index (κ3) is 6.26. The molecule has 0 spiro atoms. The van der Waals surface area contributed by atoms with Gasteiger partial charge in [-0.05, 0) is 55.0 Å². The van der Waals surface area contributed by atoms with Crippen molar-refractivity contribution >= 4 is 28.9 Å². The van der Waals surface area contributed by atoms with E-state index in [9.17, 15) is 27.9 Å². The first-order valence-electron chi connectivity index (χ1n) is 13.9. The van der Waals surface area contributed by atoms with Gasteiger partial charge in [0.2, 0.25) is 11.8 Å². The smallest absolute Gasteiger partial charge is 0.416 e. The number of ether oxygens (including phenoxy) is 1. The van der Waals surface area contributed by atoms with Crippen molar-refractivity contribution in [2.75, 3.05) is 30.1 Å². The molecule has 5 rings (SSSR count). The highest BCUT2D eigenvalue weighted by molar-refractivity contribution is 6.23. The predicted octanol–water partition coefficient (Wildman–Crippen LogP) is 6.76.